The van der Waals surface area contributed by atoms with Crippen LogP contribution in [0, 0.1) is 28.5 Å². The number of nitriles is 2. The molecule has 1 unspecified atom stereocenters. The Kier molecular flexibility index (Phi) is 3.88. The Morgan fingerprint density at radius 1 is 1.28 bits per heavy atom. The van der Waals surface area contributed by atoms with Gasteiger partial charge in [0.1, 0.15) is 17.9 Å². The Morgan fingerprint density at radius 2 is 2.00 bits per heavy atom. The van der Waals surface area contributed by atoms with Gasteiger partial charge in [0.05, 0.1) is 24.8 Å². The number of ether oxygens (including phenoxy) is 1. The predicted molar refractivity (Wildman–Crippen MR) is 61.9 cm³/mol. The smallest absolute Gasteiger partial charge is 0.140 e. The number of halogens is 1. The number of benzene rings is 1. The van der Waals surface area contributed by atoms with E-state index in [1.165, 1.54) is 12.1 Å². The summed E-state index contributed by atoms with van der Waals surface area (Å²) in [4.78, 5) is 1.97. The fourth-order valence-electron chi connectivity index (χ4n) is 2.00. The minimum atomic E-state index is -0.556. The first-order chi connectivity index (χ1) is 8.76. The third-order valence-electron chi connectivity index (χ3n) is 2.96. The van der Waals surface area contributed by atoms with Crippen molar-refractivity contribution in [3.63, 3.8) is 0 Å². The molecule has 0 N–H and O–H groups in total. The summed E-state index contributed by atoms with van der Waals surface area (Å²) >= 11 is 0. The van der Waals surface area contributed by atoms with Crippen LogP contribution in [-0.4, -0.2) is 31.2 Å². The lowest BCUT2D eigenvalue weighted by molar-refractivity contribution is 0.0266. The van der Waals surface area contributed by atoms with E-state index in [2.05, 4.69) is 6.07 Å². The number of nitrogens with zero attached hydrogens (tertiary/aromatic N) is 3. The maximum absolute atomic E-state index is 13.2. The van der Waals surface area contributed by atoms with Crippen molar-refractivity contribution in [1.29, 1.82) is 10.5 Å². The van der Waals surface area contributed by atoms with E-state index < -0.39 is 11.9 Å². The van der Waals surface area contributed by atoms with Crippen LogP contribution in [0.4, 0.5) is 4.39 Å². The molecule has 1 saturated heterocycles. The first kappa shape index (κ1) is 12.5. The van der Waals surface area contributed by atoms with Crippen molar-refractivity contribution < 1.29 is 9.13 Å². The zero-order valence-corrected chi connectivity index (χ0v) is 9.77. The minimum Gasteiger partial charge on any atom is -0.379 e. The van der Waals surface area contributed by atoms with E-state index in [1.807, 2.05) is 4.90 Å². The predicted octanol–water partition coefficient (Wildman–Crippen LogP) is 1.59. The second-order valence-corrected chi connectivity index (χ2v) is 4.03. The van der Waals surface area contributed by atoms with E-state index in [9.17, 15) is 9.65 Å². The van der Waals surface area contributed by atoms with Gasteiger partial charge in [0.2, 0.25) is 0 Å². The summed E-state index contributed by atoms with van der Waals surface area (Å²) in [6, 6.07) is 7.76. The van der Waals surface area contributed by atoms with Gasteiger partial charge in [-0.1, -0.05) is 6.07 Å². The normalized spacial score (nSPS) is 17.7. The summed E-state index contributed by atoms with van der Waals surface area (Å²) in [7, 11) is 0. The second kappa shape index (κ2) is 5.59. The van der Waals surface area contributed by atoms with Crippen LogP contribution in [0.1, 0.15) is 17.2 Å². The number of rotatable bonds is 2. The molecule has 0 bridgehead atoms. The van der Waals surface area contributed by atoms with Crippen LogP contribution in [0.3, 0.4) is 0 Å². The van der Waals surface area contributed by atoms with Crippen LogP contribution < -0.4 is 0 Å². The summed E-state index contributed by atoms with van der Waals surface area (Å²) < 4.78 is 18.5. The van der Waals surface area contributed by atoms with Gasteiger partial charge in [0.25, 0.3) is 0 Å². The highest BCUT2D eigenvalue weighted by Gasteiger charge is 2.22. The van der Waals surface area contributed by atoms with Crippen LogP contribution in [0.2, 0.25) is 0 Å². The molecule has 1 aliphatic rings. The molecule has 0 amide bonds. The molecule has 5 heteroatoms. The Bertz CT molecular complexity index is 512. The van der Waals surface area contributed by atoms with Crippen molar-refractivity contribution >= 4 is 0 Å². The Balaban J connectivity index is 2.28. The average molecular weight is 245 g/mol. The summed E-state index contributed by atoms with van der Waals surface area (Å²) in [6.07, 6.45) is 0. The molecule has 92 valence electrons. The highest BCUT2D eigenvalue weighted by atomic mass is 19.1. The van der Waals surface area contributed by atoms with Crippen LogP contribution >= 0.6 is 0 Å². The molecule has 1 aromatic rings. The van der Waals surface area contributed by atoms with Gasteiger partial charge in [-0.05, 0) is 17.7 Å². The van der Waals surface area contributed by atoms with Crippen molar-refractivity contribution in [3.8, 4) is 12.1 Å². The van der Waals surface area contributed by atoms with Gasteiger partial charge in [-0.15, -0.1) is 0 Å². The van der Waals surface area contributed by atoms with Gasteiger partial charge < -0.3 is 4.74 Å². The Hall–Kier alpha value is -1.95. The maximum atomic E-state index is 13.2. The van der Waals surface area contributed by atoms with Gasteiger partial charge in [0, 0.05) is 13.1 Å². The maximum Gasteiger partial charge on any atom is 0.140 e. The average Bonchev–Trinajstić information content (AvgIpc) is 2.42. The van der Waals surface area contributed by atoms with Gasteiger partial charge in [-0.3, -0.25) is 4.90 Å². The van der Waals surface area contributed by atoms with E-state index in [4.69, 9.17) is 10.00 Å². The number of hydrogen-bond acceptors (Lipinski definition) is 4. The van der Waals surface area contributed by atoms with Crippen LogP contribution in [0.15, 0.2) is 18.2 Å². The molecule has 0 aliphatic carbocycles. The molecule has 1 aromatic carbocycles. The molecule has 1 aliphatic heterocycles. The Morgan fingerprint density at radius 3 is 2.61 bits per heavy atom. The van der Waals surface area contributed by atoms with Gasteiger partial charge in [-0.2, -0.15) is 10.5 Å². The van der Waals surface area contributed by atoms with Gasteiger partial charge in [0.15, 0.2) is 0 Å². The van der Waals surface area contributed by atoms with Crippen molar-refractivity contribution in [2.45, 2.75) is 6.04 Å². The van der Waals surface area contributed by atoms with Crippen molar-refractivity contribution in [3.05, 3.63) is 35.1 Å². The van der Waals surface area contributed by atoms with Gasteiger partial charge >= 0.3 is 0 Å². The molecule has 0 spiro atoms. The SMILES string of the molecule is N#Cc1cc(C(C#N)N2CCOCC2)ccc1F. The number of morpholine rings is 1. The third kappa shape index (κ3) is 2.48. The highest BCUT2D eigenvalue weighted by molar-refractivity contribution is 5.37. The first-order valence-electron chi connectivity index (χ1n) is 5.67. The lowest BCUT2D eigenvalue weighted by Gasteiger charge is -2.30. The largest absolute Gasteiger partial charge is 0.379 e. The lowest BCUT2D eigenvalue weighted by Crippen LogP contribution is -2.38. The molecule has 18 heavy (non-hydrogen) atoms. The summed E-state index contributed by atoms with van der Waals surface area (Å²) in [5.41, 5.74) is 0.623. The van der Waals surface area contributed by atoms with Crippen molar-refractivity contribution in [2.24, 2.45) is 0 Å². The molecular formula is C13H12FN3O. The molecule has 2 rings (SSSR count). The van der Waals surface area contributed by atoms with Crippen LogP contribution in [-0.2, 0) is 4.74 Å². The summed E-state index contributed by atoms with van der Waals surface area (Å²) in [5, 5.41) is 18.1. The molecule has 4 nitrogen and oxygen atoms in total. The summed E-state index contributed by atoms with van der Waals surface area (Å²) in [5.74, 6) is -0.556. The standard InChI is InChI=1S/C13H12FN3O/c14-12-2-1-10(7-11(12)8-15)13(9-16)17-3-5-18-6-4-17/h1-2,7,13H,3-6H2. The molecule has 0 aromatic heterocycles. The van der Waals surface area contributed by atoms with E-state index >= 15 is 0 Å². The zero-order chi connectivity index (χ0) is 13.0. The van der Waals surface area contributed by atoms with E-state index in [0.29, 0.717) is 31.9 Å². The minimum absolute atomic E-state index is 0.0268. The van der Waals surface area contributed by atoms with E-state index in [-0.39, 0.29) is 5.56 Å². The number of hydrogen-bond donors (Lipinski definition) is 0. The van der Waals surface area contributed by atoms with Crippen LogP contribution in [0.5, 0.6) is 0 Å². The molecule has 0 saturated carbocycles. The van der Waals surface area contributed by atoms with Crippen molar-refractivity contribution in [2.75, 3.05) is 26.3 Å². The molecule has 1 fully saturated rings. The monoisotopic (exact) mass is 245 g/mol. The van der Waals surface area contributed by atoms with E-state index in [1.54, 1.807) is 12.1 Å². The fourth-order valence-corrected chi connectivity index (χ4v) is 2.00. The third-order valence-corrected chi connectivity index (χ3v) is 2.96. The molecule has 0 radical (unpaired) electrons. The Labute approximate surface area is 105 Å². The second-order valence-electron chi connectivity index (χ2n) is 4.03. The molecular weight excluding hydrogens is 233 g/mol. The lowest BCUT2D eigenvalue weighted by atomic mass is 10.0. The van der Waals surface area contributed by atoms with Crippen molar-refractivity contribution in [1.82, 2.24) is 4.90 Å². The van der Waals surface area contributed by atoms with E-state index in [0.717, 1.165) is 0 Å². The highest BCUT2D eigenvalue weighted by Crippen LogP contribution is 2.23. The van der Waals surface area contributed by atoms with Gasteiger partial charge in [-0.25, -0.2) is 4.39 Å². The first-order valence-corrected chi connectivity index (χ1v) is 5.67. The van der Waals surface area contributed by atoms with Crippen LogP contribution in [0.25, 0.3) is 0 Å². The molecule has 1 atom stereocenters. The molecule has 1 heterocycles. The summed E-state index contributed by atoms with van der Waals surface area (Å²) in [6.45, 7) is 2.50. The zero-order valence-electron chi connectivity index (χ0n) is 9.77. The quantitative estimate of drug-likeness (QED) is 0.794. The fraction of sp³-hybridized carbons (Fsp3) is 0.385. The topological polar surface area (TPSA) is 60.0 Å².